The smallest absolute Gasteiger partial charge is 0.127 e. The van der Waals surface area contributed by atoms with E-state index in [0.29, 0.717) is 0 Å². The molecule has 0 aliphatic carbocycles. The van der Waals surface area contributed by atoms with E-state index in [2.05, 4.69) is 10.3 Å². The standard InChI is InChI=1S/C6H9N3.2ClH/c1-8-6-4-5(7)2-3-9-6;;/h2-4H,1H3,(H3,7,8,9);2*1H. The third-order valence-electron chi connectivity index (χ3n) is 1.04. The normalized spacial score (nSPS) is 7.36. The average Bonchev–Trinajstić information content (AvgIpc) is 1.88. The van der Waals surface area contributed by atoms with Crippen LogP contribution in [0, 0.1) is 0 Å². The SMILES string of the molecule is CNc1cc(N)ccn1.Cl.Cl. The summed E-state index contributed by atoms with van der Waals surface area (Å²) in [5.74, 6) is 0.801. The minimum Gasteiger partial charge on any atom is -0.399 e. The van der Waals surface area contributed by atoms with Crippen molar-refractivity contribution < 1.29 is 0 Å². The molecule has 3 N–H and O–H groups in total. The van der Waals surface area contributed by atoms with Crippen LogP contribution in [0.3, 0.4) is 0 Å². The molecule has 1 aromatic rings. The predicted molar refractivity (Wildman–Crippen MR) is 52.7 cm³/mol. The van der Waals surface area contributed by atoms with E-state index < -0.39 is 0 Å². The second-order valence-electron chi connectivity index (χ2n) is 1.72. The molecule has 0 amide bonds. The molecule has 0 aliphatic heterocycles. The van der Waals surface area contributed by atoms with E-state index in [1.54, 1.807) is 18.3 Å². The van der Waals surface area contributed by atoms with Crippen LogP contribution in [0.25, 0.3) is 0 Å². The molecule has 0 aromatic carbocycles. The molecule has 0 saturated heterocycles. The third kappa shape index (κ3) is 3.91. The second-order valence-corrected chi connectivity index (χ2v) is 1.72. The van der Waals surface area contributed by atoms with Crippen molar-refractivity contribution in [3.63, 3.8) is 0 Å². The van der Waals surface area contributed by atoms with Crippen LogP contribution in [-0.4, -0.2) is 12.0 Å². The van der Waals surface area contributed by atoms with E-state index in [1.807, 2.05) is 7.05 Å². The molecule has 3 nitrogen and oxygen atoms in total. The highest BCUT2D eigenvalue weighted by Gasteiger charge is 1.86. The first kappa shape index (κ1) is 13.0. The Bertz CT molecular complexity index is 205. The zero-order valence-corrected chi connectivity index (χ0v) is 7.71. The summed E-state index contributed by atoms with van der Waals surface area (Å²) >= 11 is 0. The summed E-state index contributed by atoms with van der Waals surface area (Å²) in [5, 5.41) is 2.88. The summed E-state index contributed by atoms with van der Waals surface area (Å²) in [6, 6.07) is 3.53. The lowest BCUT2D eigenvalue weighted by Gasteiger charge is -1.97. The topological polar surface area (TPSA) is 50.9 Å². The largest absolute Gasteiger partial charge is 0.399 e. The van der Waals surface area contributed by atoms with Gasteiger partial charge < -0.3 is 11.1 Å². The molecule has 5 heteroatoms. The fourth-order valence-electron chi connectivity index (χ4n) is 0.584. The zero-order valence-electron chi connectivity index (χ0n) is 6.07. The van der Waals surface area contributed by atoms with Gasteiger partial charge in [-0.25, -0.2) is 4.98 Å². The Morgan fingerprint density at radius 1 is 1.45 bits per heavy atom. The summed E-state index contributed by atoms with van der Waals surface area (Å²) in [7, 11) is 1.81. The van der Waals surface area contributed by atoms with Crippen molar-refractivity contribution >= 4 is 36.3 Å². The lowest BCUT2D eigenvalue weighted by atomic mass is 10.4. The van der Waals surface area contributed by atoms with Gasteiger partial charge in [0, 0.05) is 25.0 Å². The highest BCUT2D eigenvalue weighted by molar-refractivity contribution is 5.85. The molecule has 0 atom stereocenters. The first-order valence-electron chi connectivity index (χ1n) is 2.72. The first-order chi connectivity index (χ1) is 4.33. The van der Waals surface area contributed by atoms with E-state index in [4.69, 9.17) is 5.73 Å². The number of nitrogens with zero attached hydrogens (tertiary/aromatic N) is 1. The summed E-state index contributed by atoms with van der Waals surface area (Å²) in [4.78, 5) is 3.97. The van der Waals surface area contributed by atoms with Crippen LogP contribution >= 0.6 is 24.8 Å². The number of rotatable bonds is 1. The van der Waals surface area contributed by atoms with Gasteiger partial charge >= 0.3 is 0 Å². The van der Waals surface area contributed by atoms with Crippen molar-refractivity contribution in [2.75, 3.05) is 18.1 Å². The Balaban J connectivity index is 0. The molecule has 64 valence electrons. The molecule has 0 aliphatic rings. The summed E-state index contributed by atoms with van der Waals surface area (Å²) < 4.78 is 0. The van der Waals surface area contributed by atoms with Gasteiger partial charge in [0.2, 0.25) is 0 Å². The number of nitrogens with two attached hydrogens (primary N) is 1. The van der Waals surface area contributed by atoms with Gasteiger partial charge in [0.15, 0.2) is 0 Å². The highest BCUT2D eigenvalue weighted by atomic mass is 35.5. The van der Waals surface area contributed by atoms with Gasteiger partial charge in [-0.2, -0.15) is 0 Å². The molecule has 1 rings (SSSR count). The number of hydrogen-bond acceptors (Lipinski definition) is 3. The van der Waals surface area contributed by atoms with Crippen LogP contribution in [-0.2, 0) is 0 Å². The first-order valence-corrected chi connectivity index (χ1v) is 2.72. The predicted octanol–water partition coefficient (Wildman–Crippen LogP) is 1.55. The van der Waals surface area contributed by atoms with E-state index in [9.17, 15) is 0 Å². The van der Waals surface area contributed by atoms with Crippen LogP contribution in [0.1, 0.15) is 0 Å². The number of nitrogens with one attached hydrogen (secondary N) is 1. The molecule has 0 unspecified atom stereocenters. The van der Waals surface area contributed by atoms with Gasteiger partial charge in [0.1, 0.15) is 5.82 Å². The molecular formula is C6H11Cl2N3. The molecule has 0 saturated carbocycles. The van der Waals surface area contributed by atoms with E-state index >= 15 is 0 Å². The highest BCUT2D eigenvalue weighted by Crippen LogP contribution is 2.05. The number of aromatic nitrogens is 1. The number of anilines is 2. The van der Waals surface area contributed by atoms with Crippen LogP contribution in [0.2, 0.25) is 0 Å². The molecule has 0 bridgehead atoms. The van der Waals surface area contributed by atoms with E-state index in [0.717, 1.165) is 11.5 Å². The van der Waals surface area contributed by atoms with Crippen LogP contribution in [0.4, 0.5) is 11.5 Å². The molecule has 11 heavy (non-hydrogen) atoms. The minimum absolute atomic E-state index is 0. The van der Waals surface area contributed by atoms with Crippen LogP contribution in [0.15, 0.2) is 18.3 Å². The average molecular weight is 196 g/mol. The van der Waals surface area contributed by atoms with Crippen LogP contribution < -0.4 is 11.1 Å². The van der Waals surface area contributed by atoms with Gasteiger partial charge in [-0.3, -0.25) is 0 Å². The molecule has 0 fully saturated rings. The monoisotopic (exact) mass is 195 g/mol. The fourth-order valence-corrected chi connectivity index (χ4v) is 0.584. The third-order valence-corrected chi connectivity index (χ3v) is 1.04. The number of hydrogen-bond donors (Lipinski definition) is 2. The Labute approximate surface area is 78.2 Å². The van der Waals surface area contributed by atoms with Crippen molar-refractivity contribution in [3.8, 4) is 0 Å². The number of pyridine rings is 1. The Morgan fingerprint density at radius 3 is 2.45 bits per heavy atom. The van der Waals surface area contributed by atoms with E-state index in [1.165, 1.54) is 0 Å². The number of nitrogen functional groups attached to an aromatic ring is 1. The van der Waals surface area contributed by atoms with Crippen molar-refractivity contribution in [3.05, 3.63) is 18.3 Å². The molecule has 0 spiro atoms. The summed E-state index contributed by atoms with van der Waals surface area (Å²) in [5.41, 5.74) is 6.19. The van der Waals surface area contributed by atoms with Gasteiger partial charge in [-0.1, -0.05) is 0 Å². The molecule has 0 radical (unpaired) electrons. The quantitative estimate of drug-likeness (QED) is 0.716. The Hall–Kier alpha value is -0.670. The van der Waals surface area contributed by atoms with Gasteiger partial charge in [-0.15, -0.1) is 24.8 Å². The zero-order chi connectivity index (χ0) is 6.69. The van der Waals surface area contributed by atoms with Gasteiger partial charge in [0.05, 0.1) is 0 Å². The lowest BCUT2D eigenvalue weighted by Crippen LogP contribution is -1.92. The van der Waals surface area contributed by atoms with Crippen molar-refractivity contribution in [2.24, 2.45) is 0 Å². The Kier molecular flexibility index (Phi) is 7.15. The maximum Gasteiger partial charge on any atom is 0.127 e. The lowest BCUT2D eigenvalue weighted by molar-refractivity contribution is 1.29. The number of halogens is 2. The van der Waals surface area contributed by atoms with Crippen molar-refractivity contribution in [1.29, 1.82) is 0 Å². The maximum atomic E-state index is 5.45. The molecule has 1 aromatic heterocycles. The van der Waals surface area contributed by atoms with Gasteiger partial charge in [0.25, 0.3) is 0 Å². The molecular weight excluding hydrogens is 185 g/mol. The van der Waals surface area contributed by atoms with Crippen molar-refractivity contribution in [1.82, 2.24) is 4.98 Å². The van der Waals surface area contributed by atoms with E-state index in [-0.39, 0.29) is 24.8 Å². The van der Waals surface area contributed by atoms with Crippen molar-refractivity contribution in [2.45, 2.75) is 0 Å². The second kappa shape index (κ2) is 6.07. The van der Waals surface area contributed by atoms with Crippen LogP contribution in [0.5, 0.6) is 0 Å². The minimum atomic E-state index is 0. The maximum absolute atomic E-state index is 5.45. The van der Waals surface area contributed by atoms with Gasteiger partial charge in [-0.05, 0) is 6.07 Å². The summed E-state index contributed by atoms with van der Waals surface area (Å²) in [6.45, 7) is 0. The fraction of sp³-hybridized carbons (Fsp3) is 0.167. The molecule has 1 heterocycles. The summed E-state index contributed by atoms with van der Waals surface area (Å²) in [6.07, 6.45) is 1.67. The Morgan fingerprint density at radius 2 is 2.09 bits per heavy atom.